The molecule has 5 heteroatoms. The fourth-order valence-corrected chi connectivity index (χ4v) is 4.20. The van der Waals surface area contributed by atoms with Crippen LogP contribution in [0.15, 0.2) is 35.2 Å². The minimum absolute atomic E-state index is 0.233. The highest BCUT2D eigenvalue weighted by Gasteiger charge is 2.53. The van der Waals surface area contributed by atoms with Crippen LogP contribution in [-0.2, 0) is 16.8 Å². The van der Waals surface area contributed by atoms with Crippen LogP contribution in [-0.4, -0.2) is 46.9 Å². The Labute approximate surface area is 147 Å². The number of carbonyl (C=O) groups is 1. The lowest BCUT2D eigenvalue weighted by molar-refractivity contribution is -0.135. The van der Waals surface area contributed by atoms with Gasteiger partial charge in [0, 0.05) is 38.1 Å². The van der Waals surface area contributed by atoms with Gasteiger partial charge in [0.05, 0.1) is 16.6 Å². The Morgan fingerprint density at radius 1 is 1.25 bits per heavy atom. The minimum atomic E-state index is -0.233. The lowest BCUT2D eigenvalue weighted by Gasteiger charge is -2.36. The second-order valence-corrected chi connectivity index (χ2v) is 7.72. The topological polar surface area (TPSA) is 36.4 Å². The number of hydrogen-bond donors (Lipinski definition) is 0. The van der Waals surface area contributed by atoms with Gasteiger partial charge in [-0.3, -0.25) is 9.69 Å². The van der Waals surface area contributed by atoms with E-state index in [-0.39, 0.29) is 5.41 Å². The lowest BCUT2D eigenvalue weighted by Crippen LogP contribution is -2.51. The van der Waals surface area contributed by atoms with Gasteiger partial charge in [0.15, 0.2) is 0 Å². The predicted molar refractivity (Wildman–Crippen MR) is 96.1 cm³/mol. The molecule has 2 heterocycles. The Morgan fingerprint density at radius 3 is 2.67 bits per heavy atom. The van der Waals surface area contributed by atoms with E-state index < -0.39 is 0 Å². The zero-order chi connectivity index (χ0) is 16.6. The average molecular weight is 341 g/mol. The van der Waals surface area contributed by atoms with Gasteiger partial charge in [-0.05, 0) is 25.3 Å². The van der Waals surface area contributed by atoms with E-state index in [4.69, 9.17) is 0 Å². The summed E-state index contributed by atoms with van der Waals surface area (Å²) in [5.41, 5.74) is 5.23. The van der Waals surface area contributed by atoms with Crippen molar-refractivity contribution in [3.05, 3.63) is 52.0 Å². The molecule has 0 spiro atoms. The third-order valence-corrected chi connectivity index (χ3v) is 5.89. The molecule has 1 aliphatic heterocycles. The van der Waals surface area contributed by atoms with Crippen molar-refractivity contribution in [1.29, 1.82) is 0 Å². The summed E-state index contributed by atoms with van der Waals surface area (Å²) in [4.78, 5) is 21.9. The Kier molecular flexibility index (Phi) is 4.14. The van der Waals surface area contributed by atoms with E-state index >= 15 is 0 Å². The fraction of sp³-hybridized carbons (Fsp3) is 0.474. The number of carbonyl (C=O) groups excluding carboxylic acids is 1. The van der Waals surface area contributed by atoms with Crippen LogP contribution in [0.1, 0.15) is 29.7 Å². The number of thiazole rings is 1. The van der Waals surface area contributed by atoms with Crippen molar-refractivity contribution in [1.82, 2.24) is 14.8 Å². The molecule has 2 aliphatic rings. The summed E-state index contributed by atoms with van der Waals surface area (Å²) in [6.07, 6.45) is 1.99. The zero-order valence-corrected chi connectivity index (χ0v) is 14.9. The molecule has 2 aromatic rings. The molecule has 2 fully saturated rings. The molecule has 1 saturated heterocycles. The Balaban J connectivity index is 1.39. The van der Waals surface area contributed by atoms with Gasteiger partial charge < -0.3 is 4.90 Å². The Hall–Kier alpha value is -1.72. The molecule has 0 unspecified atom stereocenters. The van der Waals surface area contributed by atoms with Crippen LogP contribution in [0.2, 0.25) is 0 Å². The van der Waals surface area contributed by atoms with Crippen LogP contribution in [0.4, 0.5) is 0 Å². The first-order valence-electron chi connectivity index (χ1n) is 8.63. The third kappa shape index (κ3) is 2.98. The van der Waals surface area contributed by atoms with Gasteiger partial charge in [0.1, 0.15) is 0 Å². The van der Waals surface area contributed by atoms with Crippen molar-refractivity contribution >= 4 is 17.2 Å². The molecule has 1 amide bonds. The first-order chi connectivity index (χ1) is 11.7. The standard InChI is InChI=1S/C19H23N3OS/c1-15-3-2-4-16(11-15)19(5-6-19)18(23)22-9-7-21(8-10-22)12-17-13-24-14-20-17/h2-4,11,13-14H,5-10,12H2,1H3. The predicted octanol–water partition coefficient (Wildman–Crippen LogP) is 2.83. The van der Waals surface area contributed by atoms with Crippen LogP contribution in [0.3, 0.4) is 0 Å². The van der Waals surface area contributed by atoms with Gasteiger partial charge in [-0.15, -0.1) is 11.3 Å². The third-order valence-electron chi connectivity index (χ3n) is 5.26. The molecule has 4 nitrogen and oxygen atoms in total. The van der Waals surface area contributed by atoms with Crippen LogP contribution >= 0.6 is 11.3 Å². The summed E-state index contributed by atoms with van der Waals surface area (Å²) >= 11 is 1.64. The molecule has 1 aliphatic carbocycles. The first-order valence-corrected chi connectivity index (χ1v) is 9.58. The largest absolute Gasteiger partial charge is 0.339 e. The highest BCUT2D eigenvalue weighted by molar-refractivity contribution is 7.07. The Morgan fingerprint density at radius 2 is 2.04 bits per heavy atom. The average Bonchev–Trinajstić information content (AvgIpc) is 3.26. The fourth-order valence-electron chi connectivity index (χ4n) is 3.65. The summed E-state index contributed by atoms with van der Waals surface area (Å²) in [7, 11) is 0. The molecule has 1 aromatic carbocycles. The summed E-state index contributed by atoms with van der Waals surface area (Å²) in [6.45, 7) is 6.53. The van der Waals surface area contributed by atoms with Crippen molar-refractivity contribution in [2.45, 2.75) is 31.7 Å². The summed E-state index contributed by atoms with van der Waals surface area (Å²) in [6, 6.07) is 8.48. The lowest BCUT2D eigenvalue weighted by atomic mass is 9.92. The summed E-state index contributed by atoms with van der Waals surface area (Å²) < 4.78 is 0. The van der Waals surface area contributed by atoms with E-state index in [1.165, 1.54) is 11.1 Å². The quantitative estimate of drug-likeness (QED) is 0.858. The Bertz CT molecular complexity index is 716. The summed E-state index contributed by atoms with van der Waals surface area (Å²) in [5.74, 6) is 0.335. The first kappa shape index (κ1) is 15.8. The number of nitrogens with zero attached hydrogens (tertiary/aromatic N) is 3. The minimum Gasteiger partial charge on any atom is -0.339 e. The van der Waals surface area contributed by atoms with Crippen LogP contribution < -0.4 is 0 Å². The van der Waals surface area contributed by atoms with E-state index in [1.807, 2.05) is 5.51 Å². The second-order valence-electron chi connectivity index (χ2n) is 7.00. The van der Waals surface area contributed by atoms with E-state index in [9.17, 15) is 4.79 Å². The molecule has 0 atom stereocenters. The molecule has 0 radical (unpaired) electrons. The molecule has 0 N–H and O–H groups in total. The van der Waals surface area contributed by atoms with Crippen molar-refractivity contribution in [3.63, 3.8) is 0 Å². The smallest absolute Gasteiger partial charge is 0.233 e. The van der Waals surface area contributed by atoms with Gasteiger partial charge in [-0.25, -0.2) is 4.98 Å². The normalized spacial score (nSPS) is 20.1. The van der Waals surface area contributed by atoms with Crippen molar-refractivity contribution in [3.8, 4) is 0 Å². The van der Waals surface area contributed by atoms with Gasteiger partial charge >= 0.3 is 0 Å². The monoisotopic (exact) mass is 341 g/mol. The number of hydrogen-bond acceptors (Lipinski definition) is 4. The van der Waals surface area contributed by atoms with Gasteiger partial charge in [0.2, 0.25) is 5.91 Å². The molecule has 1 aromatic heterocycles. The number of piperazine rings is 1. The zero-order valence-electron chi connectivity index (χ0n) is 14.1. The maximum absolute atomic E-state index is 13.1. The highest BCUT2D eigenvalue weighted by Crippen LogP contribution is 2.49. The van der Waals surface area contributed by atoms with Crippen molar-refractivity contribution in [2.24, 2.45) is 0 Å². The van der Waals surface area contributed by atoms with Gasteiger partial charge in [0.25, 0.3) is 0 Å². The molecule has 24 heavy (non-hydrogen) atoms. The van der Waals surface area contributed by atoms with E-state index in [1.54, 1.807) is 11.3 Å². The molecule has 4 rings (SSSR count). The van der Waals surface area contributed by atoms with Crippen LogP contribution in [0.5, 0.6) is 0 Å². The van der Waals surface area contributed by atoms with Gasteiger partial charge in [-0.2, -0.15) is 0 Å². The number of aryl methyl sites for hydroxylation is 1. The van der Waals surface area contributed by atoms with Crippen LogP contribution in [0, 0.1) is 6.92 Å². The van der Waals surface area contributed by atoms with Gasteiger partial charge in [-0.1, -0.05) is 29.8 Å². The number of benzene rings is 1. The number of aromatic nitrogens is 1. The van der Waals surface area contributed by atoms with Crippen LogP contribution in [0.25, 0.3) is 0 Å². The molecular formula is C19H23N3OS. The van der Waals surface area contributed by atoms with Crippen molar-refractivity contribution in [2.75, 3.05) is 26.2 Å². The molecule has 1 saturated carbocycles. The highest BCUT2D eigenvalue weighted by atomic mass is 32.1. The maximum Gasteiger partial charge on any atom is 0.233 e. The number of amides is 1. The second kappa shape index (κ2) is 6.30. The van der Waals surface area contributed by atoms with E-state index in [0.717, 1.165) is 51.3 Å². The molecule has 126 valence electrons. The van der Waals surface area contributed by atoms with E-state index in [0.29, 0.717) is 5.91 Å². The molecular weight excluding hydrogens is 318 g/mol. The molecule has 0 bridgehead atoms. The SMILES string of the molecule is Cc1cccc(C2(C(=O)N3CCN(Cc4cscn4)CC3)CC2)c1. The summed E-state index contributed by atoms with van der Waals surface area (Å²) in [5, 5.41) is 2.11. The van der Waals surface area contributed by atoms with E-state index in [2.05, 4.69) is 51.4 Å². The maximum atomic E-state index is 13.1. The van der Waals surface area contributed by atoms with Crippen molar-refractivity contribution < 1.29 is 4.79 Å². The number of rotatable bonds is 4.